The Morgan fingerprint density at radius 3 is 2.55 bits per heavy atom. The Bertz CT molecular complexity index is 686. The molecule has 0 bridgehead atoms. The van der Waals surface area contributed by atoms with Gasteiger partial charge in [0.05, 0.1) is 11.6 Å². The van der Waals surface area contributed by atoms with Gasteiger partial charge in [-0.15, -0.1) is 0 Å². The highest BCUT2D eigenvalue weighted by Crippen LogP contribution is 2.33. The number of carbonyl (C=O) groups excluding carboxylic acids is 1. The molecule has 122 valence electrons. The Balaban J connectivity index is 2.20. The molecule has 6 nitrogen and oxygen atoms in total. The minimum absolute atomic E-state index is 0.137. The van der Waals surface area contributed by atoms with Crippen molar-refractivity contribution < 1.29 is 22.5 Å². The first-order valence-electron chi connectivity index (χ1n) is 6.51. The lowest BCUT2D eigenvalue weighted by molar-refractivity contribution is -0.161. The van der Waals surface area contributed by atoms with E-state index < -0.39 is 28.1 Å². The van der Waals surface area contributed by atoms with Crippen molar-refractivity contribution in [3.05, 3.63) is 28.2 Å². The topological polar surface area (TPSA) is 83.9 Å². The Hall–Kier alpha value is -0.860. The van der Waals surface area contributed by atoms with Crippen molar-refractivity contribution in [3.8, 4) is 0 Å². The molecular formula is C13H15Cl2NO5S. The summed E-state index contributed by atoms with van der Waals surface area (Å²) in [4.78, 5) is 13.7. The molecule has 1 fully saturated rings. The first kappa shape index (κ1) is 17.5. The van der Waals surface area contributed by atoms with E-state index in [1.54, 1.807) is 0 Å². The van der Waals surface area contributed by atoms with E-state index in [2.05, 4.69) is 4.18 Å². The maximum Gasteiger partial charge on any atom is 0.343 e. The van der Waals surface area contributed by atoms with E-state index in [9.17, 15) is 18.3 Å². The highest BCUT2D eigenvalue weighted by atomic mass is 35.5. The van der Waals surface area contributed by atoms with E-state index in [1.807, 2.05) is 11.8 Å². The monoisotopic (exact) mass is 367 g/mol. The average Bonchev–Trinajstić information content (AvgIpc) is 2.37. The zero-order valence-corrected chi connectivity index (χ0v) is 14.1. The van der Waals surface area contributed by atoms with E-state index in [4.69, 9.17) is 23.2 Å². The molecule has 2 rings (SSSR count). The van der Waals surface area contributed by atoms with Crippen LogP contribution in [-0.2, 0) is 19.1 Å². The van der Waals surface area contributed by atoms with E-state index >= 15 is 0 Å². The standard InChI is InChI=1S/C13H15Cl2NO5S/c1-2-16-6-13(7-16,8-17)12(18)21-22(19,20)11-4-3-9(14)5-10(11)15/h3-5,17H,2,6-8H2,1H3. The second-order valence-corrected chi connectivity index (χ2v) is 7.50. The van der Waals surface area contributed by atoms with Gasteiger partial charge in [0.2, 0.25) is 0 Å². The molecule has 1 aromatic rings. The number of benzene rings is 1. The van der Waals surface area contributed by atoms with Crippen LogP contribution in [0.3, 0.4) is 0 Å². The van der Waals surface area contributed by atoms with E-state index in [0.29, 0.717) is 6.54 Å². The van der Waals surface area contributed by atoms with Crippen LogP contribution in [0.2, 0.25) is 10.0 Å². The Morgan fingerprint density at radius 2 is 2.05 bits per heavy atom. The number of aliphatic hydroxyl groups excluding tert-OH is 1. The summed E-state index contributed by atoms with van der Waals surface area (Å²) in [6, 6.07) is 3.74. The third kappa shape index (κ3) is 3.23. The fraction of sp³-hybridized carbons (Fsp3) is 0.462. The van der Waals surface area contributed by atoms with Crippen molar-refractivity contribution in [1.82, 2.24) is 4.90 Å². The van der Waals surface area contributed by atoms with Crippen LogP contribution >= 0.6 is 23.2 Å². The highest BCUT2D eigenvalue weighted by molar-refractivity contribution is 7.87. The predicted octanol–water partition coefficient (Wildman–Crippen LogP) is 1.54. The molecule has 0 spiro atoms. The van der Waals surface area contributed by atoms with Crippen molar-refractivity contribution in [2.24, 2.45) is 5.41 Å². The van der Waals surface area contributed by atoms with Crippen LogP contribution < -0.4 is 0 Å². The predicted molar refractivity (Wildman–Crippen MR) is 81.4 cm³/mol. The zero-order valence-electron chi connectivity index (χ0n) is 11.8. The van der Waals surface area contributed by atoms with Crippen molar-refractivity contribution in [2.75, 3.05) is 26.2 Å². The fourth-order valence-electron chi connectivity index (χ4n) is 2.24. The lowest BCUT2D eigenvalue weighted by atomic mass is 9.81. The second-order valence-electron chi connectivity index (χ2n) is 5.14. The molecule has 0 saturated carbocycles. The summed E-state index contributed by atoms with van der Waals surface area (Å²) in [6.07, 6.45) is 0. The van der Waals surface area contributed by atoms with Gasteiger partial charge in [-0.1, -0.05) is 30.1 Å². The summed E-state index contributed by atoms with van der Waals surface area (Å²) in [7, 11) is -4.37. The number of hydrogen-bond acceptors (Lipinski definition) is 6. The van der Waals surface area contributed by atoms with Crippen LogP contribution in [-0.4, -0.2) is 50.6 Å². The van der Waals surface area contributed by atoms with Crippen molar-refractivity contribution in [2.45, 2.75) is 11.8 Å². The SMILES string of the molecule is CCN1CC(CO)(C(=O)OS(=O)(=O)c2ccc(Cl)cc2Cl)C1. The maximum atomic E-state index is 12.2. The van der Waals surface area contributed by atoms with Gasteiger partial charge >= 0.3 is 16.1 Å². The third-order valence-electron chi connectivity index (χ3n) is 3.58. The summed E-state index contributed by atoms with van der Waals surface area (Å²) in [5, 5.41) is 9.54. The molecule has 0 amide bonds. The van der Waals surface area contributed by atoms with Crippen LogP contribution in [0.1, 0.15) is 6.92 Å². The number of rotatable bonds is 5. The highest BCUT2D eigenvalue weighted by Gasteiger charge is 2.51. The quantitative estimate of drug-likeness (QED) is 0.794. The van der Waals surface area contributed by atoms with Gasteiger partial charge in [0, 0.05) is 18.1 Å². The third-order valence-corrected chi connectivity index (χ3v) is 5.51. The van der Waals surface area contributed by atoms with Crippen LogP contribution in [0, 0.1) is 5.41 Å². The fourth-order valence-corrected chi connectivity index (χ4v) is 3.93. The van der Waals surface area contributed by atoms with Crippen molar-refractivity contribution in [1.29, 1.82) is 0 Å². The molecule has 0 atom stereocenters. The summed E-state index contributed by atoms with van der Waals surface area (Å²) < 4.78 is 29.0. The molecule has 1 N–H and O–H groups in total. The van der Waals surface area contributed by atoms with E-state index in [0.717, 1.165) is 6.07 Å². The molecule has 22 heavy (non-hydrogen) atoms. The number of likely N-dealkylation sites (tertiary alicyclic amines) is 1. The molecule has 1 aliphatic heterocycles. The second kappa shape index (κ2) is 6.33. The lowest BCUT2D eigenvalue weighted by Crippen LogP contribution is -2.62. The van der Waals surface area contributed by atoms with E-state index in [-0.39, 0.29) is 28.0 Å². The van der Waals surface area contributed by atoms with Crippen LogP contribution in [0.4, 0.5) is 0 Å². The smallest absolute Gasteiger partial charge is 0.343 e. The van der Waals surface area contributed by atoms with Crippen molar-refractivity contribution >= 4 is 39.3 Å². The number of nitrogens with zero attached hydrogens (tertiary/aromatic N) is 1. The zero-order chi connectivity index (χ0) is 16.5. The first-order valence-corrected chi connectivity index (χ1v) is 8.68. The van der Waals surface area contributed by atoms with Gasteiger partial charge in [-0.25, -0.2) is 0 Å². The molecule has 1 aromatic carbocycles. The Kier molecular flexibility index (Phi) is 5.03. The van der Waals surface area contributed by atoms with Crippen LogP contribution in [0.15, 0.2) is 23.1 Å². The van der Waals surface area contributed by atoms with Gasteiger partial charge in [0.15, 0.2) is 0 Å². The summed E-state index contributed by atoms with van der Waals surface area (Å²) in [6.45, 7) is 2.62. The summed E-state index contributed by atoms with van der Waals surface area (Å²) in [5.74, 6) is -0.981. The number of halogens is 2. The average molecular weight is 368 g/mol. The van der Waals surface area contributed by atoms with Gasteiger partial charge in [-0.05, 0) is 24.7 Å². The van der Waals surface area contributed by atoms with Gasteiger partial charge in [0.1, 0.15) is 10.3 Å². The molecule has 0 aliphatic carbocycles. The van der Waals surface area contributed by atoms with Crippen molar-refractivity contribution in [3.63, 3.8) is 0 Å². The Labute approximate surface area is 138 Å². The molecule has 0 unspecified atom stereocenters. The minimum atomic E-state index is -4.37. The van der Waals surface area contributed by atoms with Gasteiger partial charge < -0.3 is 14.2 Å². The first-order chi connectivity index (χ1) is 10.2. The number of hydrogen-bond donors (Lipinski definition) is 1. The minimum Gasteiger partial charge on any atom is -0.395 e. The molecule has 0 radical (unpaired) electrons. The van der Waals surface area contributed by atoms with E-state index in [1.165, 1.54) is 12.1 Å². The van der Waals surface area contributed by atoms with Crippen LogP contribution in [0.25, 0.3) is 0 Å². The van der Waals surface area contributed by atoms with Gasteiger partial charge in [-0.3, -0.25) is 4.79 Å². The largest absolute Gasteiger partial charge is 0.395 e. The molecular weight excluding hydrogens is 353 g/mol. The maximum absolute atomic E-state index is 12.2. The molecule has 0 aromatic heterocycles. The molecule has 1 aliphatic rings. The normalized spacial score (nSPS) is 17.8. The molecule has 9 heteroatoms. The summed E-state index contributed by atoms with van der Waals surface area (Å²) in [5.41, 5.74) is -1.21. The van der Waals surface area contributed by atoms with Gasteiger partial charge in [-0.2, -0.15) is 8.42 Å². The summed E-state index contributed by atoms with van der Waals surface area (Å²) >= 11 is 11.5. The lowest BCUT2D eigenvalue weighted by Gasteiger charge is -2.46. The number of aliphatic hydroxyl groups is 1. The van der Waals surface area contributed by atoms with Crippen LogP contribution in [0.5, 0.6) is 0 Å². The van der Waals surface area contributed by atoms with Gasteiger partial charge in [0.25, 0.3) is 0 Å². The molecule has 1 saturated heterocycles. The molecule has 1 heterocycles. The Morgan fingerprint density at radius 1 is 1.41 bits per heavy atom. The number of carbonyl (C=O) groups is 1.